The molecule has 0 aliphatic carbocycles. The second-order valence-electron chi connectivity index (χ2n) is 0.814. The third-order valence-corrected chi connectivity index (χ3v) is 1.45. The van der Waals surface area contributed by atoms with Crippen molar-refractivity contribution in [3.8, 4) is 0 Å². The Morgan fingerprint density at radius 3 is 2.62 bits per heavy atom. The minimum Gasteiger partial charge on any atom is -0.308 e. The Balaban J connectivity index is 3.06. The average molecular weight is 160 g/mol. The molecule has 0 bridgehead atoms. The highest BCUT2D eigenvalue weighted by Crippen LogP contribution is 2.22. The second-order valence-corrected chi connectivity index (χ2v) is 2.11. The van der Waals surface area contributed by atoms with Crippen molar-refractivity contribution in [3.63, 3.8) is 0 Å². The van der Waals surface area contributed by atoms with E-state index < -0.39 is 8.25 Å². The van der Waals surface area contributed by atoms with Gasteiger partial charge < -0.3 is 5.73 Å². The van der Waals surface area contributed by atoms with Crippen LogP contribution in [0.3, 0.4) is 0 Å². The van der Waals surface area contributed by atoms with Crippen molar-refractivity contribution in [3.05, 3.63) is 0 Å². The number of alkyl halides is 1. The molecule has 0 fully saturated rings. The fraction of sp³-hybridized carbons (Fsp3) is 1.00. The van der Waals surface area contributed by atoms with Crippen molar-refractivity contribution in [1.29, 1.82) is 0 Å². The van der Waals surface area contributed by atoms with Crippen LogP contribution in [0.2, 0.25) is 0 Å². The molecule has 0 radical (unpaired) electrons. The summed E-state index contributed by atoms with van der Waals surface area (Å²) in [5, 5.41) is 0. The van der Waals surface area contributed by atoms with E-state index in [9.17, 15) is 4.57 Å². The maximum Gasteiger partial charge on any atom is 0.321 e. The first-order valence-electron chi connectivity index (χ1n) is 1.87. The summed E-state index contributed by atoms with van der Waals surface area (Å²) in [6.07, 6.45) is 0. The molecule has 0 saturated carbocycles. The number of halogens is 1. The van der Waals surface area contributed by atoms with E-state index in [1.807, 2.05) is 0 Å². The van der Waals surface area contributed by atoms with Crippen LogP contribution >= 0.6 is 19.9 Å². The zero-order valence-corrected chi connectivity index (χ0v) is 5.85. The molecule has 0 spiro atoms. The van der Waals surface area contributed by atoms with Gasteiger partial charge in [-0.1, -0.05) is 11.6 Å². The van der Waals surface area contributed by atoms with Gasteiger partial charge >= 0.3 is 8.25 Å². The van der Waals surface area contributed by atoms with Crippen LogP contribution in [0.4, 0.5) is 0 Å². The van der Waals surface area contributed by atoms with Gasteiger partial charge in [-0.2, -0.15) is 0 Å². The molecule has 0 saturated heterocycles. The number of rotatable bonds is 4. The fourth-order valence-electron chi connectivity index (χ4n) is 0.154. The second kappa shape index (κ2) is 5.54. The van der Waals surface area contributed by atoms with Crippen LogP contribution in [0, 0.1) is 0 Å². The Bertz CT molecular complexity index is 71.7. The van der Waals surface area contributed by atoms with Gasteiger partial charge in [0, 0.05) is 0 Å². The minimum absolute atomic E-state index is 0.102. The molecule has 2 N–H and O–H groups in total. The summed E-state index contributed by atoms with van der Waals surface area (Å²) in [7, 11) is -2.40. The van der Waals surface area contributed by atoms with Crippen molar-refractivity contribution in [2.75, 3.05) is 12.8 Å². The van der Waals surface area contributed by atoms with Crippen molar-refractivity contribution in [2.45, 2.75) is 0 Å². The van der Waals surface area contributed by atoms with Crippen molar-refractivity contribution in [2.24, 2.45) is 5.73 Å². The van der Waals surface area contributed by atoms with E-state index >= 15 is 0 Å². The highest BCUT2D eigenvalue weighted by Gasteiger charge is 1.92. The van der Waals surface area contributed by atoms with Gasteiger partial charge in [0.1, 0.15) is 12.8 Å². The minimum atomic E-state index is -2.40. The van der Waals surface area contributed by atoms with Crippen LogP contribution < -0.4 is 5.73 Å². The molecule has 1 unspecified atom stereocenters. The first kappa shape index (κ1) is 8.40. The number of hydrogen-bond donors (Lipinski definition) is 1. The quantitative estimate of drug-likeness (QED) is 0.369. The van der Waals surface area contributed by atoms with Gasteiger partial charge in [-0.25, -0.2) is 0 Å². The average Bonchev–Trinajstić information content (AvgIpc) is 1.68. The smallest absolute Gasteiger partial charge is 0.308 e. The standard InChI is InChI=1S/C2H7ClNO3P/c3-1-6-8(5)7-2-4/h8H,1-2,4H2. The molecule has 4 nitrogen and oxygen atoms in total. The summed E-state index contributed by atoms with van der Waals surface area (Å²) < 4.78 is 18.8. The molecule has 0 aromatic heterocycles. The molecule has 0 aliphatic rings. The topological polar surface area (TPSA) is 61.5 Å². The van der Waals surface area contributed by atoms with Crippen LogP contribution in [-0.4, -0.2) is 12.8 Å². The van der Waals surface area contributed by atoms with E-state index in [0.717, 1.165) is 0 Å². The summed E-state index contributed by atoms with van der Waals surface area (Å²) in [5.41, 5.74) is 4.84. The van der Waals surface area contributed by atoms with Gasteiger partial charge in [0.15, 0.2) is 0 Å². The zero-order valence-electron chi connectivity index (χ0n) is 4.09. The highest BCUT2D eigenvalue weighted by molar-refractivity contribution is 7.33. The molecule has 50 valence electrons. The maximum absolute atomic E-state index is 10.2. The molecular formula is C2H7ClNO3P. The van der Waals surface area contributed by atoms with E-state index in [0.29, 0.717) is 0 Å². The van der Waals surface area contributed by atoms with Gasteiger partial charge in [0.2, 0.25) is 0 Å². The predicted octanol–water partition coefficient (Wildman–Crippen LogP) is 0.522. The lowest BCUT2D eigenvalue weighted by atomic mass is 11.4. The Hall–Kier alpha value is 0.400. The molecule has 0 aromatic carbocycles. The Morgan fingerprint density at radius 2 is 2.25 bits per heavy atom. The highest BCUT2D eigenvalue weighted by atomic mass is 35.5. The Kier molecular flexibility index (Phi) is 5.81. The van der Waals surface area contributed by atoms with Gasteiger partial charge in [0.25, 0.3) is 0 Å². The third-order valence-electron chi connectivity index (χ3n) is 0.374. The lowest BCUT2D eigenvalue weighted by Gasteiger charge is -1.96. The van der Waals surface area contributed by atoms with Gasteiger partial charge in [-0.3, -0.25) is 13.6 Å². The predicted molar refractivity (Wildman–Crippen MR) is 30.9 cm³/mol. The number of hydrogen-bond acceptors (Lipinski definition) is 4. The molecule has 0 aliphatic heterocycles. The fourth-order valence-corrected chi connectivity index (χ4v) is 0.730. The molecule has 0 heterocycles. The van der Waals surface area contributed by atoms with Crippen LogP contribution in [0.1, 0.15) is 0 Å². The van der Waals surface area contributed by atoms with Crippen LogP contribution in [0.5, 0.6) is 0 Å². The van der Waals surface area contributed by atoms with Crippen molar-refractivity contribution >= 4 is 19.9 Å². The van der Waals surface area contributed by atoms with Crippen molar-refractivity contribution in [1.82, 2.24) is 0 Å². The Labute approximate surface area is 52.9 Å². The molecule has 1 atom stereocenters. The van der Waals surface area contributed by atoms with E-state index in [2.05, 4.69) is 9.05 Å². The normalized spacial score (nSPS) is 13.8. The molecule has 0 rings (SSSR count). The lowest BCUT2D eigenvalue weighted by molar-refractivity contribution is 0.255. The summed E-state index contributed by atoms with van der Waals surface area (Å²) in [5.74, 6) is 0. The van der Waals surface area contributed by atoms with Gasteiger partial charge in [-0.05, 0) is 0 Å². The first-order chi connectivity index (χ1) is 3.81. The summed E-state index contributed by atoms with van der Waals surface area (Å²) in [6, 6.07) is -0.127. The Morgan fingerprint density at radius 1 is 1.62 bits per heavy atom. The molecule has 6 heteroatoms. The van der Waals surface area contributed by atoms with E-state index in [4.69, 9.17) is 17.3 Å². The summed E-state index contributed by atoms with van der Waals surface area (Å²) in [4.78, 5) is 0. The van der Waals surface area contributed by atoms with E-state index in [1.54, 1.807) is 0 Å². The SMILES string of the molecule is NCO[PH](=O)OCCl. The molecule has 8 heavy (non-hydrogen) atoms. The monoisotopic (exact) mass is 159 g/mol. The molecule has 0 amide bonds. The van der Waals surface area contributed by atoms with Crippen LogP contribution in [-0.2, 0) is 13.6 Å². The third kappa shape index (κ3) is 4.56. The van der Waals surface area contributed by atoms with Crippen LogP contribution in [0.15, 0.2) is 0 Å². The summed E-state index contributed by atoms with van der Waals surface area (Å²) in [6.45, 7) is -0.102. The zero-order chi connectivity index (χ0) is 6.41. The lowest BCUT2D eigenvalue weighted by Crippen LogP contribution is -1.98. The van der Waals surface area contributed by atoms with Gasteiger partial charge in [-0.15, -0.1) is 0 Å². The number of nitrogens with two attached hydrogens (primary N) is 1. The maximum atomic E-state index is 10.2. The molecule has 0 aromatic rings. The van der Waals surface area contributed by atoms with Gasteiger partial charge in [0.05, 0.1) is 0 Å². The summed E-state index contributed by atoms with van der Waals surface area (Å²) >= 11 is 5.01. The van der Waals surface area contributed by atoms with Crippen LogP contribution in [0.25, 0.3) is 0 Å². The first-order valence-corrected chi connectivity index (χ1v) is 3.62. The van der Waals surface area contributed by atoms with E-state index in [-0.39, 0.29) is 12.8 Å². The van der Waals surface area contributed by atoms with E-state index in [1.165, 1.54) is 0 Å². The van der Waals surface area contributed by atoms with Crippen molar-refractivity contribution < 1.29 is 13.6 Å². The largest absolute Gasteiger partial charge is 0.321 e. The molecular weight excluding hydrogens is 152 g/mol.